The molecular formula is C14H18N2O3S. The first-order chi connectivity index (χ1) is 9.50. The van der Waals surface area contributed by atoms with Gasteiger partial charge in [0.25, 0.3) is 0 Å². The van der Waals surface area contributed by atoms with Gasteiger partial charge in [-0.2, -0.15) is 0 Å². The van der Waals surface area contributed by atoms with Crippen molar-refractivity contribution in [3.8, 4) is 0 Å². The van der Waals surface area contributed by atoms with E-state index in [9.17, 15) is 14.7 Å². The molecule has 108 valence electrons. The third-order valence-corrected chi connectivity index (χ3v) is 4.59. The van der Waals surface area contributed by atoms with Gasteiger partial charge in [-0.3, -0.25) is 9.59 Å². The molecule has 20 heavy (non-hydrogen) atoms. The summed E-state index contributed by atoms with van der Waals surface area (Å²) in [6.07, 6.45) is 4.67. The maximum Gasteiger partial charge on any atom is 0.307 e. The Morgan fingerprint density at radius 1 is 1.40 bits per heavy atom. The minimum atomic E-state index is -0.893. The third kappa shape index (κ3) is 3.07. The Morgan fingerprint density at radius 3 is 2.60 bits per heavy atom. The van der Waals surface area contributed by atoms with Crippen LogP contribution in [0.2, 0.25) is 0 Å². The second-order valence-electron chi connectivity index (χ2n) is 5.05. The number of hydrogen-bond donors (Lipinski definition) is 1. The number of carboxylic acids is 1. The highest BCUT2D eigenvalue weighted by molar-refractivity contribution is 7.09. The molecule has 0 saturated carbocycles. The first kappa shape index (κ1) is 14.7. The lowest BCUT2D eigenvalue weighted by molar-refractivity contribution is -0.150. The summed E-state index contributed by atoms with van der Waals surface area (Å²) < 4.78 is 0. The molecule has 0 fully saturated rings. The molecule has 0 spiro atoms. The van der Waals surface area contributed by atoms with Gasteiger partial charge in [0.05, 0.1) is 29.6 Å². The van der Waals surface area contributed by atoms with Crippen LogP contribution in [0.5, 0.6) is 0 Å². The van der Waals surface area contributed by atoms with Crippen molar-refractivity contribution in [2.45, 2.75) is 26.3 Å². The zero-order valence-corrected chi connectivity index (χ0v) is 12.4. The summed E-state index contributed by atoms with van der Waals surface area (Å²) in [4.78, 5) is 30.5. The molecule has 0 radical (unpaired) electrons. The van der Waals surface area contributed by atoms with E-state index in [0.717, 1.165) is 10.6 Å². The topological polar surface area (TPSA) is 70.5 Å². The summed E-state index contributed by atoms with van der Waals surface area (Å²) in [5, 5.41) is 9.23. The normalized spacial score (nSPS) is 21.7. The second kappa shape index (κ2) is 6.17. The molecule has 2 atom stereocenters. The van der Waals surface area contributed by atoms with Crippen LogP contribution in [-0.2, 0) is 16.1 Å². The summed E-state index contributed by atoms with van der Waals surface area (Å²) in [7, 11) is 1.72. The van der Waals surface area contributed by atoms with E-state index in [1.807, 2.05) is 19.1 Å². The van der Waals surface area contributed by atoms with Gasteiger partial charge in [-0.15, -0.1) is 11.3 Å². The molecule has 1 N–H and O–H groups in total. The van der Waals surface area contributed by atoms with Gasteiger partial charge >= 0.3 is 5.97 Å². The molecule has 6 heteroatoms. The number of aryl methyl sites for hydroxylation is 1. The molecule has 1 aromatic rings. The van der Waals surface area contributed by atoms with Crippen molar-refractivity contribution in [3.05, 3.63) is 28.2 Å². The minimum absolute atomic E-state index is 0.102. The van der Waals surface area contributed by atoms with Gasteiger partial charge in [-0.25, -0.2) is 4.98 Å². The summed E-state index contributed by atoms with van der Waals surface area (Å²) in [6, 6.07) is 0. The van der Waals surface area contributed by atoms with Gasteiger partial charge in [0, 0.05) is 11.9 Å². The molecule has 1 aliphatic carbocycles. The van der Waals surface area contributed by atoms with Crippen LogP contribution in [0.25, 0.3) is 0 Å². The Morgan fingerprint density at radius 2 is 2.05 bits per heavy atom. The van der Waals surface area contributed by atoms with Crippen molar-refractivity contribution in [2.75, 3.05) is 7.05 Å². The summed E-state index contributed by atoms with van der Waals surface area (Å²) in [6.45, 7) is 2.40. The van der Waals surface area contributed by atoms with E-state index in [1.165, 1.54) is 11.3 Å². The fraction of sp³-hybridized carbons (Fsp3) is 0.500. The standard InChI is InChI=1S/C14H18N2O3S/c1-9-12(20-8-15-9)7-16(2)13(17)10-5-3-4-6-11(10)14(18)19/h3-4,8,10-11H,5-7H2,1-2H3,(H,18,19). The van der Waals surface area contributed by atoms with Gasteiger partial charge in [-0.05, 0) is 19.8 Å². The van der Waals surface area contributed by atoms with Crippen LogP contribution in [-0.4, -0.2) is 33.9 Å². The van der Waals surface area contributed by atoms with Crippen molar-refractivity contribution < 1.29 is 14.7 Å². The Hall–Kier alpha value is -1.69. The van der Waals surface area contributed by atoms with Crippen LogP contribution in [0.3, 0.4) is 0 Å². The number of aromatic nitrogens is 1. The molecular weight excluding hydrogens is 276 g/mol. The fourth-order valence-corrected chi connectivity index (χ4v) is 3.24. The number of nitrogens with zero attached hydrogens (tertiary/aromatic N) is 2. The molecule has 1 aromatic heterocycles. The monoisotopic (exact) mass is 294 g/mol. The highest BCUT2D eigenvalue weighted by atomic mass is 32.1. The van der Waals surface area contributed by atoms with Gasteiger partial charge in [-0.1, -0.05) is 12.2 Å². The molecule has 2 rings (SSSR count). The second-order valence-corrected chi connectivity index (χ2v) is 5.99. The van der Waals surface area contributed by atoms with E-state index in [2.05, 4.69) is 4.98 Å². The number of rotatable bonds is 4. The maximum atomic E-state index is 12.5. The quantitative estimate of drug-likeness (QED) is 0.863. The molecule has 1 aliphatic rings. The minimum Gasteiger partial charge on any atom is -0.481 e. The van der Waals surface area contributed by atoms with Gasteiger partial charge in [0.2, 0.25) is 5.91 Å². The zero-order valence-electron chi connectivity index (χ0n) is 11.6. The lowest BCUT2D eigenvalue weighted by Gasteiger charge is -2.28. The average Bonchev–Trinajstić information content (AvgIpc) is 2.83. The number of hydrogen-bond acceptors (Lipinski definition) is 4. The van der Waals surface area contributed by atoms with Crippen molar-refractivity contribution in [1.29, 1.82) is 0 Å². The number of amides is 1. The van der Waals surface area contributed by atoms with Crippen LogP contribution in [0.4, 0.5) is 0 Å². The van der Waals surface area contributed by atoms with Crippen molar-refractivity contribution in [2.24, 2.45) is 11.8 Å². The highest BCUT2D eigenvalue weighted by Gasteiger charge is 2.35. The van der Waals surface area contributed by atoms with E-state index < -0.39 is 17.8 Å². The molecule has 5 nitrogen and oxygen atoms in total. The number of thiazole rings is 1. The van der Waals surface area contributed by atoms with Crippen LogP contribution < -0.4 is 0 Å². The molecule has 0 aliphatic heterocycles. The number of carbonyl (C=O) groups excluding carboxylic acids is 1. The highest BCUT2D eigenvalue weighted by Crippen LogP contribution is 2.28. The van der Waals surface area contributed by atoms with Gasteiger partial charge < -0.3 is 10.0 Å². The Balaban J connectivity index is 2.07. The number of allylic oxidation sites excluding steroid dienone is 2. The predicted molar refractivity (Wildman–Crippen MR) is 76.3 cm³/mol. The Bertz CT molecular complexity index is 538. The largest absolute Gasteiger partial charge is 0.481 e. The number of carboxylic acid groups (broad SMARTS) is 1. The van der Waals surface area contributed by atoms with Crippen molar-refractivity contribution in [3.63, 3.8) is 0 Å². The Kier molecular flexibility index (Phi) is 4.54. The molecule has 1 amide bonds. The van der Waals surface area contributed by atoms with E-state index in [4.69, 9.17) is 0 Å². The molecule has 0 aromatic carbocycles. The van der Waals surface area contributed by atoms with Crippen molar-refractivity contribution in [1.82, 2.24) is 9.88 Å². The molecule has 0 bridgehead atoms. The zero-order chi connectivity index (χ0) is 14.7. The first-order valence-corrected chi connectivity index (χ1v) is 7.40. The van der Waals surface area contributed by atoms with Gasteiger partial charge in [0.15, 0.2) is 0 Å². The Labute approximate surface area is 121 Å². The SMILES string of the molecule is Cc1ncsc1CN(C)C(=O)C1CC=CCC1C(=O)O. The van der Waals surface area contributed by atoms with E-state index in [0.29, 0.717) is 19.4 Å². The molecule has 1 heterocycles. The number of carbonyl (C=O) groups is 2. The smallest absolute Gasteiger partial charge is 0.307 e. The molecule has 0 saturated heterocycles. The van der Waals surface area contributed by atoms with Crippen LogP contribution >= 0.6 is 11.3 Å². The summed E-state index contributed by atoms with van der Waals surface area (Å²) in [5.74, 6) is -2.07. The van der Waals surface area contributed by atoms with E-state index >= 15 is 0 Å². The van der Waals surface area contributed by atoms with Gasteiger partial charge in [0.1, 0.15) is 0 Å². The first-order valence-electron chi connectivity index (χ1n) is 6.52. The predicted octanol–water partition coefficient (Wildman–Crippen LogP) is 2.08. The summed E-state index contributed by atoms with van der Waals surface area (Å²) >= 11 is 1.51. The summed E-state index contributed by atoms with van der Waals surface area (Å²) in [5.41, 5.74) is 2.68. The molecule has 2 unspecified atom stereocenters. The van der Waals surface area contributed by atoms with Crippen LogP contribution in [0.15, 0.2) is 17.7 Å². The fourth-order valence-electron chi connectivity index (χ4n) is 2.41. The third-order valence-electron chi connectivity index (χ3n) is 3.67. The van der Waals surface area contributed by atoms with E-state index in [-0.39, 0.29) is 5.91 Å². The lowest BCUT2D eigenvalue weighted by atomic mass is 9.82. The van der Waals surface area contributed by atoms with Crippen LogP contribution in [0, 0.1) is 18.8 Å². The average molecular weight is 294 g/mol. The maximum absolute atomic E-state index is 12.5. The van der Waals surface area contributed by atoms with Crippen LogP contribution in [0.1, 0.15) is 23.4 Å². The van der Waals surface area contributed by atoms with E-state index in [1.54, 1.807) is 17.5 Å². The van der Waals surface area contributed by atoms with Crippen molar-refractivity contribution >= 4 is 23.2 Å². The number of aliphatic carboxylic acids is 1. The lowest BCUT2D eigenvalue weighted by Crippen LogP contribution is -2.39.